The van der Waals surface area contributed by atoms with Gasteiger partial charge in [0.05, 0.1) is 6.10 Å². The van der Waals surface area contributed by atoms with Gasteiger partial charge in [0, 0.05) is 72.8 Å². The molecule has 262 valence electrons. The van der Waals surface area contributed by atoms with Gasteiger partial charge >= 0.3 is 0 Å². The van der Waals surface area contributed by atoms with Gasteiger partial charge in [0.25, 0.3) is 0 Å². The molecule has 4 aliphatic heterocycles. The van der Waals surface area contributed by atoms with E-state index in [9.17, 15) is 0 Å². The fourth-order valence-electron chi connectivity index (χ4n) is 10.0. The number of ether oxygens (including phenoxy) is 3. The maximum atomic E-state index is 6.40. The number of likely N-dealkylation sites (tertiary alicyclic amines) is 4. The summed E-state index contributed by atoms with van der Waals surface area (Å²) in [4.78, 5) is 10.9. The Morgan fingerprint density at radius 3 is 2.02 bits per heavy atom. The van der Waals surface area contributed by atoms with E-state index in [1.807, 2.05) is 21.3 Å². The van der Waals surface area contributed by atoms with Crippen LogP contribution in [-0.4, -0.2) is 152 Å². The number of nitrogens with zero attached hydrogens (tertiary/aromatic N) is 4. The highest BCUT2D eigenvalue weighted by molar-refractivity contribution is 4.97. The molecule has 4 heterocycles. The molecule has 1 N–H and O–H groups in total. The van der Waals surface area contributed by atoms with Gasteiger partial charge in [-0.15, -0.1) is 0 Å². The van der Waals surface area contributed by atoms with Gasteiger partial charge in [0.1, 0.15) is 0 Å². The Morgan fingerprint density at radius 1 is 0.778 bits per heavy atom. The number of hydrogen-bond donors (Lipinski definition) is 1. The molecule has 8 nitrogen and oxygen atoms in total. The Kier molecular flexibility index (Phi) is 14.7. The molecule has 3 unspecified atom stereocenters. The summed E-state index contributed by atoms with van der Waals surface area (Å²) in [7, 11) is 8.13. The van der Waals surface area contributed by atoms with Crippen molar-refractivity contribution in [3.05, 3.63) is 0 Å². The maximum absolute atomic E-state index is 6.40. The van der Waals surface area contributed by atoms with E-state index in [4.69, 9.17) is 14.2 Å². The minimum atomic E-state index is 0.327. The van der Waals surface area contributed by atoms with Crippen LogP contribution in [0.15, 0.2) is 0 Å². The molecule has 0 radical (unpaired) electrons. The Hall–Kier alpha value is -0.320. The molecule has 5 fully saturated rings. The average molecular weight is 634 g/mol. The van der Waals surface area contributed by atoms with Crippen LogP contribution >= 0.6 is 0 Å². The second kappa shape index (κ2) is 18.4. The molecular weight excluding hydrogens is 562 g/mol. The summed E-state index contributed by atoms with van der Waals surface area (Å²) in [5.41, 5.74) is 0.683. The van der Waals surface area contributed by atoms with E-state index in [2.05, 4.69) is 32.0 Å². The predicted molar refractivity (Wildman–Crippen MR) is 185 cm³/mol. The molecule has 8 heteroatoms. The first-order valence-corrected chi connectivity index (χ1v) is 19.1. The largest absolute Gasteiger partial charge is 0.384 e. The molecule has 5 aliphatic rings. The summed E-state index contributed by atoms with van der Waals surface area (Å²) in [6.07, 6.45) is 16.2. The van der Waals surface area contributed by atoms with Crippen molar-refractivity contribution < 1.29 is 14.2 Å². The van der Waals surface area contributed by atoms with Crippen molar-refractivity contribution in [2.75, 3.05) is 120 Å². The van der Waals surface area contributed by atoms with E-state index in [1.165, 1.54) is 117 Å². The number of hydrogen-bond acceptors (Lipinski definition) is 8. The number of methoxy groups -OCH3 is 2. The van der Waals surface area contributed by atoms with E-state index < -0.39 is 0 Å². The zero-order valence-electron chi connectivity index (χ0n) is 29.9. The normalized spacial score (nSPS) is 31.7. The number of rotatable bonds is 17. The Bertz CT molecular complexity index is 802. The van der Waals surface area contributed by atoms with Gasteiger partial charge in [-0.05, 0) is 160 Å². The Balaban J connectivity index is 1.01. The molecule has 0 aromatic carbocycles. The van der Waals surface area contributed by atoms with Crippen LogP contribution < -0.4 is 5.32 Å². The van der Waals surface area contributed by atoms with Crippen LogP contribution in [0, 0.1) is 29.1 Å². The third kappa shape index (κ3) is 10.6. The lowest BCUT2D eigenvalue weighted by Crippen LogP contribution is -2.59. The second-order valence-corrected chi connectivity index (χ2v) is 16.1. The van der Waals surface area contributed by atoms with Gasteiger partial charge < -0.3 is 34.2 Å². The van der Waals surface area contributed by atoms with Gasteiger partial charge in [-0.2, -0.15) is 0 Å². The molecule has 5 rings (SSSR count). The van der Waals surface area contributed by atoms with Crippen molar-refractivity contribution in [3.63, 3.8) is 0 Å². The van der Waals surface area contributed by atoms with Crippen molar-refractivity contribution in [2.24, 2.45) is 29.1 Å². The molecule has 3 atom stereocenters. The minimum Gasteiger partial charge on any atom is -0.384 e. The predicted octanol–water partition coefficient (Wildman–Crippen LogP) is 4.29. The molecule has 0 bridgehead atoms. The molecule has 45 heavy (non-hydrogen) atoms. The van der Waals surface area contributed by atoms with E-state index >= 15 is 0 Å². The molecular formula is C37H71N5O3. The first-order valence-electron chi connectivity index (χ1n) is 19.1. The van der Waals surface area contributed by atoms with Crippen LogP contribution in [0.5, 0.6) is 0 Å². The Morgan fingerprint density at radius 2 is 1.42 bits per heavy atom. The third-order valence-corrected chi connectivity index (χ3v) is 12.6. The second-order valence-electron chi connectivity index (χ2n) is 16.1. The third-order valence-electron chi connectivity index (χ3n) is 12.6. The first kappa shape index (κ1) is 36.0. The monoisotopic (exact) mass is 634 g/mol. The zero-order chi connectivity index (χ0) is 31.5. The maximum Gasteiger partial charge on any atom is 0.0755 e. The number of nitrogens with one attached hydrogen (secondary N) is 1. The van der Waals surface area contributed by atoms with E-state index in [1.54, 1.807) is 0 Å². The lowest BCUT2D eigenvalue weighted by molar-refractivity contribution is -0.0673. The summed E-state index contributed by atoms with van der Waals surface area (Å²) in [6.45, 7) is 16.5. The molecule has 0 aromatic rings. The molecule has 0 aromatic heterocycles. The number of piperidine rings is 3. The summed E-state index contributed by atoms with van der Waals surface area (Å²) >= 11 is 0. The highest BCUT2D eigenvalue weighted by Gasteiger charge is 2.43. The lowest BCUT2D eigenvalue weighted by Gasteiger charge is -2.53. The van der Waals surface area contributed by atoms with Crippen molar-refractivity contribution in [2.45, 2.75) is 89.2 Å². The van der Waals surface area contributed by atoms with Crippen LogP contribution in [-0.2, 0) is 14.2 Å². The van der Waals surface area contributed by atoms with Crippen LogP contribution in [0.25, 0.3) is 0 Å². The topological polar surface area (TPSA) is 52.7 Å². The smallest absolute Gasteiger partial charge is 0.0755 e. The first-order chi connectivity index (χ1) is 22.0. The molecule has 0 amide bonds. The van der Waals surface area contributed by atoms with Crippen LogP contribution in [0.2, 0.25) is 0 Å². The van der Waals surface area contributed by atoms with Gasteiger partial charge in [0.2, 0.25) is 0 Å². The van der Waals surface area contributed by atoms with E-state index in [0.717, 1.165) is 64.1 Å². The molecule has 1 spiro atoms. The van der Waals surface area contributed by atoms with Gasteiger partial charge in [-0.1, -0.05) is 0 Å². The fraction of sp³-hybridized carbons (Fsp3) is 1.00. The highest BCUT2D eigenvalue weighted by Crippen LogP contribution is 2.40. The van der Waals surface area contributed by atoms with Gasteiger partial charge in [-0.25, -0.2) is 0 Å². The van der Waals surface area contributed by atoms with Crippen molar-refractivity contribution in [3.8, 4) is 0 Å². The highest BCUT2D eigenvalue weighted by atomic mass is 16.5. The summed E-state index contributed by atoms with van der Waals surface area (Å²) in [5, 5.41) is 3.21. The SMILES string of the molecule is CNCCCOCCCN1CCC(COC)CC1C(OC)C1CCN(CC2CCC(CN3CCC4(CC3)CN(C)C4)CC2)CC1. The van der Waals surface area contributed by atoms with Gasteiger partial charge in [-0.3, -0.25) is 4.90 Å². The quantitative estimate of drug-likeness (QED) is 0.238. The summed E-state index contributed by atoms with van der Waals surface area (Å²) in [6, 6.07) is 0.500. The Labute approximate surface area is 277 Å². The van der Waals surface area contributed by atoms with Crippen molar-refractivity contribution in [1.82, 2.24) is 24.9 Å². The van der Waals surface area contributed by atoms with Crippen LogP contribution in [0.3, 0.4) is 0 Å². The summed E-state index contributed by atoms with van der Waals surface area (Å²) < 4.78 is 17.9. The van der Waals surface area contributed by atoms with Crippen molar-refractivity contribution in [1.29, 1.82) is 0 Å². The minimum absolute atomic E-state index is 0.327. The molecule has 1 aliphatic carbocycles. The van der Waals surface area contributed by atoms with E-state index in [0.29, 0.717) is 29.4 Å². The zero-order valence-corrected chi connectivity index (χ0v) is 29.9. The van der Waals surface area contributed by atoms with Crippen LogP contribution in [0.1, 0.15) is 77.0 Å². The average Bonchev–Trinajstić information content (AvgIpc) is 3.04. The van der Waals surface area contributed by atoms with E-state index in [-0.39, 0.29) is 0 Å². The van der Waals surface area contributed by atoms with Gasteiger partial charge in [0.15, 0.2) is 0 Å². The summed E-state index contributed by atoms with van der Waals surface area (Å²) in [5.74, 6) is 3.17. The molecule has 4 saturated heterocycles. The standard InChI is InChI=1S/C37H71N5O3/c1-38-16-5-23-45-24-6-17-42-20-11-33(28-43-3)25-35(42)36(44-4)34-12-18-40(19-13-34)26-31-7-9-32(10-8-31)27-41-21-14-37(15-22-41)29-39(2)30-37/h31-36,38H,5-30H2,1-4H3. The lowest BCUT2D eigenvalue weighted by atomic mass is 9.72. The van der Waals surface area contributed by atoms with Crippen molar-refractivity contribution >= 4 is 0 Å². The van der Waals surface area contributed by atoms with Crippen LogP contribution in [0.4, 0.5) is 0 Å². The fourth-order valence-corrected chi connectivity index (χ4v) is 10.0. The molecule has 1 saturated carbocycles.